The zero-order valence-electron chi connectivity index (χ0n) is 10.2. The van der Waals surface area contributed by atoms with Crippen molar-refractivity contribution in [1.29, 1.82) is 5.41 Å². The predicted molar refractivity (Wildman–Crippen MR) is 69.1 cm³/mol. The van der Waals surface area contributed by atoms with Gasteiger partial charge in [-0.25, -0.2) is 4.39 Å². The van der Waals surface area contributed by atoms with Gasteiger partial charge in [-0.3, -0.25) is 5.41 Å². The van der Waals surface area contributed by atoms with E-state index in [1.54, 1.807) is 6.07 Å². The van der Waals surface area contributed by atoms with Crippen molar-refractivity contribution < 1.29 is 4.39 Å². The first-order valence-electron chi connectivity index (χ1n) is 6.34. The van der Waals surface area contributed by atoms with Gasteiger partial charge in [-0.15, -0.1) is 0 Å². The molecule has 17 heavy (non-hydrogen) atoms. The molecule has 1 aliphatic carbocycles. The number of hydrogen-bond acceptors (Lipinski definition) is 1. The number of benzene rings is 1. The van der Waals surface area contributed by atoms with Gasteiger partial charge in [0, 0.05) is 18.2 Å². The Labute approximate surface area is 102 Å². The van der Waals surface area contributed by atoms with Gasteiger partial charge >= 0.3 is 0 Å². The summed E-state index contributed by atoms with van der Waals surface area (Å²) in [4.78, 5) is 1.92. The lowest BCUT2D eigenvalue weighted by Gasteiger charge is -2.27. The van der Waals surface area contributed by atoms with Crippen LogP contribution in [0.3, 0.4) is 0 Å². The van der Waals surface area contributed by atoms with Crippen LogP contribution in [0.5, 0.6) is 0 Å². The lowest BCUT2D eigenvalue weighted by molar-refractivity contribution is 0.627. The third-order valence-electron chi connectivity index (χ3n) is 3.47. The van der Waals surface area contributed by atoms with E-state index in [2.05, 4.69) is 0 Å². The predicted octanol–water partition coefficient (Wildman–Crippen LogP) is 3.82. The van der Waals surface area contributed by atoms with Gasteiger partial charge in [0.1, 0.15) is 11.7 Å². The maximum Gasteiger partial charge on any atom is 0.125 e. The van der Waals surface area contributed by atoms with Gasteiger partial charge in [-0.2, -0.15) is 0 Å². The number of nitrogens with zero attached hydrogens (tertiary/aromatic N) is 1. The summed E-state index contributed by atoms with van der Waals surface area (Å²) < 4.78 is 13.2. The highest BCUT2D eigenvalue weighted by Crippen LogP contribution is 2.28. The molecule has 2 rings (SSSR count). The third-order valence-corrected chi connectivity index (χ3v) is 3.47. The molecular weight excluding hydrogens is 215 g/mol. The highest BCUT2D eigenvalue weighted by Gasteiger charge is 2.24. The normalized spacial score (nSPS) is 16.1. The Morgan fingerprint density at radius 1 is 1.41 bits per heavy atom. The molecule has 92 valence electrons. The van der Waals surface area contributed by atoms with Crippen LogP contribution in [0.1, 0.15) is 32.6 Å². The second kappa shape index (κ2) is 5.30. The number of halogens is 1. The molecule has 3 heteroatoms. The molecule has 0 heterocycles. The molecule has 0 radical (unpaired) electrons. The molecule has 0 aliphatic heterocycles. The molecule has 1 aromatic carbocycles. The molecule has 1 aliphatic rings. The molecule has 0 aromatic heterocycles. The van der Waals surface area contributed by atoms with Crippen LogP contribution >= 0.6 is 0 Å². The van der Waals surface area contributed by atoms with E-state index < -0.39 is 0 Å². The van der Waals surface area contributed by atoms with Gasteiger partial charge in [0.05, 0.1) is 0 Å². The zero-order valence-corrected chi connectivity index (χ0v) is 10.2. The Balaban J connectivity index is 2.17. The summed E-state index contributed by atoms with van der Waals surface area (Å²) in [7, 11) is 0. The summed E-state index contributed by atoms with van der Waals surface area (Å²) in [5.74, 6) is 0.772. The van der Waals surface area contributed by atoms with Gasteiger partial charge in [0.2, 0.25) is 0 Å². The van der Waals surface area contributed by atoms with Gasteiger partial charge in [-0.05, 0) is 38.0 Å². The number of amidine groups is 1. The van der Waals surface area contributed by atoms with Crippen molar-refractivity contribution in [2.45, 2.75) is 32.6 Å². The van der Waals surface area contributed by atoms with Crippen molar-refractivity contribution >= 4 is 11.5 Å². The quantitative estimate of drug-likeness (QED) is 0.624. The summed E-state index contributed by atoms with van der Waals surface area (Å²) in [5.41, 5.74) is 0.796. The van der Waals surface area contributed by atoms with Crippen LogP contribution in [0.25, 0.3) is 0 Å². The first-order valence-corrected chi connectivity index (χ1v) is 6.34. The Kier molecular flexibility index (Phi) is 3.77. The van der Waals surface area contributed by atoms with Gasteiger partial charge in [-0.1, -0.05) is 18.9 Å². The van der Waals surface area contributed by atoms with Crippen molar-refractivity contribution in [3.63, 3.8) is 0 Å². The Morgan fingerprint density at radius 2 is 2.12 bits per heavy atom. The highest BCUT2D eigenvalue weighted by molar-refractivity contribution is 5.97. The first-order chi connectivity index (χ1) is 8.22. The van der Waals surface area contributed by atoms with Crippen molar-refractivity contribution in [2.75, 3.05) is 11.4 Å². The minimum Gasteiger partial charge on any atom is -0.330 e. The van der Waals surface area contributed by atoms with E-state index in [9.17, 15) is 4.39 Å². The molecule has 1 aromatic rings. The molecule has 0 amide bonds. The third kappa shape index (κ3) is 2.65. The number of nitrogens with one attached hydrogen (secondary N) is 1. The molecule has 1 N–H and O–H groups in total. The van der Waals surface area contributed by atoms with E-state index in [0.29, 0.717) is 11.8 Å². The second-order valence-corrected chi connectivity index (χ2v) is 4.59. The van der Waals surface area contributed by atoms with E-state index in [1.165, 1.54) is 25.0 Å². The molecule has 0 bridgehead atoms. The summed E-state index contributed by atoms with van der Waals surface area (Å²) >= 11 is 0. The highest BCUT2D eigenvalue weighted by atomic mass is 19.1. The average molecular weight is 234 g/mol. The minimum absolute atomic E-state index is 0.236. The second-order valence-electron chi connectivity index (χ2n) is 4.59. The standard InChI is InChI=1S/C14H19FN2/c1-2-17(13-9-5-8-12(15)10-13)14(16)11-6-3-4-7-11/h5,8-11,16H,2-4,6-7H2,1H3. The maximum atomic E-state index is 13.2. The van der Waals surface area contributed by atoms with Crippen LogP contribution in [-0.2, 0) is 0 Å². The first kappa shape index (κ1) is 12.1. The summed E-state index contributed by atoms with van der Waals surface area (Å²) in [6, 6.07) is 6.52. The van der Waals surface area contributed by atoms with Crippen molar-refractivity contribution in [3.05, 3.63) is 30.1 Å². The van der Waals surface area contributed by atoms with Gasteiger partial charge < -0.3 is 4.90 Å². The molecule has 0 spiro atoms. The van der Waals surface area contributed by atoms with Crippen LogP contribution in [0.15, 0.2) is 24.3 Å². The maximum absolute atomic E-state index is 13.2. The summed E-state index contributed by atoms with van der Waals surface area (Å²) in [6.45, 7) is 2.73. The molecule has 0 saturated heterocycles. The van der Waals surface area contributed by atoms with Crippen LogP contribution in [0.2, 0.25) is 0 Å². The molecule has 2 nitrogen and oxygen atoms in total. The monoisotopic (exact) mass is 234 g/mol. The Bertz CT molecular complexity index is 397. The SMILES string of the molecule is CCN(C(=N)C1CCCC1)c1cccc(F)c1. The fourth-order valence-electron chi connectivity index (χ4n) is 2.56. The molecular formula is C14H19FN2. The largest absolute Gasteiger partial charge is 0.330 e. The lowest BCUT2D eigenvalue weighted by Crippen LogP contribution is -2.34. The van der Waals surface area contributed by atoms with E-state index in [-0.39, 0.29) is 5.82 Å². The summed E-state index contributed by atoms with van der Waals surface area (Å²) in [5, 5.41) is 8.25. The van der Waals surface area contributed by atoms with Gasteiger partial charge in [0.15, 0.2) is 0 Å². The number of hydrogen-bond donors (Lipinski definition) is 1. The van der Waals surface area contributed by atoms with Crippen molar-refractivity contribution in [1.82, 2.24) is 0 Å². The van der Waals surface area contributed by atoms with Crippen molar-refractivity contribution in [3.8, 4) is 0 Å². The van der Waals surface area contributed by atoms with Gasteiger partial charge in [0.25, 0.3) is 0 Å². The van der Waals surface area contributed by atoms with Crippen LogP contribution < -0.4 is 4.90 Å². The fraction of sp³-hybridized carbons (Fsp3) is 0.500. The fourth-order valence-corrected chi connectivity index (χ4v) is 2.56. The Hall–Kier alpha value is -1.38. The number of rotatable bonds is 3. The minimum atomic E-state index is -0.236. The summed E-state index contributed by atoms with van der Waals surface area (Å²) in [6.07, 6.45) is 4.64. The lowest BCUT2D eigenvalue weighted by atomic mass is 10.1. The molecule has 1 fully saturated rings. The van der Waals surface area contributed by atoms with Crippen LogP contribution in [0.4, 0.5) is 10.1 Å². The molecule has 1 saturated carbocycles. The Morgan fingerprint density at radius 3 is 2.71 bits per heavy atom. The van der Waals surface area contributed by atoms with Crippen LogP contribution in [0, 0.1) is 17.1 Å². The van der Waals surface area contributed by atoms with Crippen LogP contribution in [-0.4, -0.2) is 12.4 Å². The number of anilines is 1. The topological polar surface area (TPSA) is 27.1 Å². The van der Waals surface area contributed by atoms with Crippen molar-refractivity contribution in [2.24, 2.45) is 5.92 Å². The smallest absolute Gasteiger partial charge is 0.125 e. The zero-order chi connectivity index (χ0) is 12.3. The molecule has 0 atom stereocenters. The average Bonchev–Trinajstić information content (AvgIpc) is 2.83. The van der Waals surface area contributed by atoms with E-state index in [0.717, 1.165) is 25.1 Å². The van der Waals surface area contributed by atoms with E-state index in [1.807, 2.05) is 17.9 Å². The molecule has 0 unspecified atom stereocenters. The van der Waals surface area contributed by atoms with E-state index >= 15 is 0 Å². The van der Waals surface area contributed by atoms with E-state index in [4.69, 9.17) is 5.41 Å².